The molecule has 3 rings (SSSR count). The molecule has 2 aromatic carbocycles. The third kappa shape index (κ3) is 9.75. The van der Waals surface area contributed by atoms with Gasteiger partial charge in [-0.3, -0.25) is 19.2 Å². The summed E-state index contributed by atoms with van der Waals surface area (Å²) < 4.78 is 0. The molecule has 0 bridgehead atoms. The number of aliphatic carboxylic acids is 1. The van der Waals surface area contributed by atoms with Crippen LogP contribution >= 0.6 is 0 Å². The second-order valence-electron chi connectivity index (χ2n) is 9.64. The van der Waals surface area contributed by atoms with Crippen LogP contribution in [-0.4, -0.2) is 73.9 Å². The first-order valence-corrected chi connectivity index (χ1v) is 13.0. The maximum absolute atomic E-state index is 13.6. The first-order chi connectivity index (χ1) is 20.0. The van der Waals surface area contributed by atoms with Crippen molar-refractivity contribution in [2.75, 3.05) is 0 Å². The molecule has 14 nitrogen and oxygen atoms in total. The normalized spacial score (nSPS) is 13.6. The van der Waals surface area contributed by atoms with Crippen LogP contribution in [0.4, 0.5) is 0 Å². The Kier molecular flexibility index (Phi) is 11.1. The molecular formula is C28H33N7O7. The number of aromatic hydroxyl groups is 1. The lowest BCUT2D eigenvalue weighted by Crippen LogP contribution is -2.58. The van der Waals surface area contributed by atoms with Gasteiger partial charge in [0.2, 0.25) is 23.6 Å². The van der Waals surface area contributed by atoms with Crippen molar-refractivity contribution < 1.29 is 34.2 Å². The summed E-state index contributed by atoms with van der Waals surface area (Å²) in [6.07, 6.45) is 2.38. The molecular weight excluding hydrogens is 546 g/mol. The van der Waals surface area contributed by atoms with Crippen molar-refractivity contribution in [1.82, 2.24) is 25.9 Å². The monoisotopic (exact) mass is 579 g/mol. The predicted octanol–water partition coefficient (Wildman–Crippen LogP) is -1.12. The molecule has 4 unspecified atom stereocenters. The van der Waals surface area contributed by atoms with Gasteiger partial charge in [-0.25, -0.2) is 9.78 Å². The zero-order chi connectivity index (χ0) is 30.6. The van der Waals surface area contributed by atoms with E-state index in [1.807, 2.05) is 0 Å². The standard InChI is InChI=1S/C28H33N7O7/c29-20(12-18-14-31-15-32-18)25(38)33-21(11-17-6-8-19(36)9-7-17)26(39)34-22(10-16-4-2-1-3-5-16)27(40)35-23(28(41)42)13-24(30)37/h1-9,14-15,20-23,36H,10-13,29H2,(H2,30,37)(H,31,32)(H,33,38)(H,34,39)(H,35,40)(H,41,42). The van der Waals surface area contributed by atoms with Crippen molar-refractivity contribution in [2.24, 2.45) is 11.5 Å². The van der Waals surface area contributed by atoms with Crippen molar-refractivity contribution in [1.29, 1.82) is 0 Å². The number of imidazole rings is 1. The van der Waals surface area contributed by atoms with Crippen LogP contribution in [0.25, 0.3) is 0 Å². The molecule has 0 aliphatic carbocycles. The van der Waals surface area contributed by atoms with Crippen molar-refractivity contribution >= 4 is 29.6 Å². The molecule has 222 valence electrons. The summed E-state index contributed by atoms with van der Waals surface area (Å²) in [5.74, 6) is -4.66. The number of carboxylic acids is 1. The SMILES string of the molecule is NC(=O)CC(NC(=O)C(Cc1ccccc1)NC(=O)C(Cc1ccc(O)cc1)NC(=O)C(N)Cc1cnc[nH]1)C(=O)O. The average molecular weight is 580 g/mol. The molecule has 0 aliphatic heterocycles. The number of nitrogens with one attached hydrogen (secondary N) is 4. The third-order valence-corrected chi connectivity index (χ3v) is 6.28. The zero-order valence-corrected chi connectivity index (χ0v) is 22.5. The van der Waals surface area contributed by atoms with Crippen LogP contribution in [-0.2, 0) is 43.2 Å². The van der Waals surface area contributed by atoms with Gasteiger partial charge in [0.1, 0.15) is 23.9 Å². The number of H-pyrrole nitrogens is 1. The molecule has 3 aromatic rings. The lowest BCUT2D eigenvalue weighted by molar-refractivity contribution is -0.143. The second kappa shape index (κ2) is 14.9. The second-order valence-corrected chi connectivity index (χ2v) is 9.64. The number of nitrogens with zero attached hydrogens (tertiary/aromatic N) is 1. The average Bonchev–Trinajstić information content (AvgIpc) is 3.46. The minimum atomic E-state index is -1.61. The van der Waals surface area contributed by atoms with E-state index in [0.717, 1.165) is 0 Å². The molecule has 0 fully saturated rings. The van der Waals surface area contributed by atoms with E-state index < -0.39 is 60.2 Å². The summed E-state index contributed by atoms with van der Waals surface area (Å²) in [7, 11) is 0. The Bertz CT molecular complexity index is 1370. The van der Waals surface area contributed by atoms with Gasteiger partial charge in [0.15, 0.2) is 0 Å². The van der Waals surface area contributed by atoms with Gasteiger partial charge in [-0.15, -0.1) is 0 Å². The Balaban J connectivity index is 1.83. The fourth-order valence-corrected chi connectivity index (χ4v) is 4.09. The fraction of sp³-hybridized carbons (Fsp3) is 0.286. The number of benzene rings is 2. The Labute approximate surface area is 240 Å². The molecule has 4 amide bonds. The molecule has 0 radical (unpaired) electrons. The van der Waals surface area contributed by atoms with Gasteiger partial charge in [-0.05, 0) is 23.3 Å². The van der Waals surface area contributed by atoms with E-state index in [2.05, 4.69) is 25.9 Å². The lowest BCUT2D eigenvalue weighted by atomic mass is 10.0. The summed E-state index contributed by atoms with van der Waals surface area (Å²) >= 11 is 0. The van der Waals surface area contributed by atoms with Gasteiger partial charge < -0.3 is 42.6 Å². The van der Waals surface area contributed by atoms with Crippen LogP contribution in [0.5, 0.6) is 5.75 Å². The molecule has 0 spiro atoms. The first-order valence-electron chi connectivity index (χ1n) is 13.0. The van der Waals surface area contributed by atoms with Crippen LogP contribution in [0, 0.1) is 0 Å². The lowest BCUT2D eigenvalue weighted by Gasteiger charge is -2.25. The Morgan fingerprint density at radius 1 is 0.786 bits per heavy atom. The first kappa shape index (κ1) is 31.3. The summed E-state index contributed by atoms with van der Waals surface area (Å²) in [6.45, 7) is 0. The maximum atomic E-state index is 13.6. The van der Waals surface area contributed by atoms with E-state index >= 15 is 0 Å². The number of phenols is 1. The Morgan fingerprint density at radius 3 is 1.86 bits per heavy atom. The summed E-state index contributed by atoms with van der Waals surface area (Å²) in [5, 5.41) is 26.6. The van der Waals surface area contributed by atoms with Crippen LogP contribution < -0.4 is 27.4 Å². The largest absolute Gasteiger partial charge is 0.508 e. The fourth-order valence-electron chi connectivity index (χ4n) is 4.09. The minimum absolute atomic E-state index is 0.00825. The highest BCUT2D eigenvalue weighted by molar-refractivity contribution is 5.95. The van der Waals surface area contributed by atoms with Gasteiger partial charge in [-0.2, -0.15) is 0 Å². The van der Waals surface area contributed by atoms with Crippen molar-refractivity contribution in [3.8, 4) is 5.75 Å². The van der Waals surface area contributed by atoms with Crippen LogP contribution in [0.3, 0.4) is 0 Å². The van der Waals surface area contributed by atoms with E-state index in [1.165, 1.54) is 24.7 Å². The van der Waals surface area contributed by atoms with Gasteiger partial charge in [0, 0.05) is 31.2 Å². The Hall–Kier alpha value is -5.24. The molecule has 14 heteroatoms. The van der Waals surface area contributed by atoms with E-state index in [1.54, 1.807) is 42.5 Å². The molecule has 4 atom stereocenters. The predicted molar refractivity (Wildman–Crippen MR) is 149 cm³/mol. The van der Waals surface area contributed by atoms with Gasteiger partial charge >= 0.3 is 5.97 Å². The molecule has 0 saturated carbocycles. The van der Waals surface area contributed by atoms with Crippen molar-refractivity contribution in [3.63, 3.8) is 0 Å². The van der Waals surface area contributed by atoms with Gasteiger partial charge in [-0.1, -0.05) is 42.5 Å². The summed E-state index contributed by atoms with van der Waals surface area (Å²) in [4.78, 5) is 69.5. The van der Waals surface area contributed by atoms with Gasteiger partial charge in [0.05, 0.1) is 18.8 Å². The molecule has 0 aliphatic rings. The van der Waals surface area contributed by atoms with E-state index in [0.29, 0.717) is 16.8 Å². The minimum Gasteiger partial charge on any atom is -0.508 e. The number of carboxylic acid groups (broad SMARTS) is 1. The highest BCUT2D eigenvalue weighted by Crippen LogP contribution is 2.13. The molecule has 10 N–H and O–H groups in total. The smallest absolute Gasteiger partial charge is 0.326 e. The number of hydrogen-bond donors (Lipinski definition) is 8. The molecule has 1 heterocycles. The number of nitrogens with two attached hydrogens (primary N) is 2. The number of aromatic nitrogens is 2. The van der Waals surface area contributed by atoms with Crippen molar-refractivity contribution in [2.45, 2.75) is 49.9 Å². The summed E-state index contributed by atoms with van der Waals surface area (Å²) in [5.41, 5.74) is 13.0. The van der Waals surface area contributed by atoms with E-state index in [9.17, 15) is 34.2 Å². The highest BCUT2D eigenvalue weighted by Gasteiger charge is 2.31. The topological polar surface area (TPSA) is 243 Å². The highest BCUT2D eigenvalue weighted by atomic mass is 16.4. The Morgan fingerprint density at radius 2 is 1.33 bits per heavy atom. The van der Waals surface area contributed by atoms with Crippen LogP contribution in [0.2, 0.25) is 0 Å². The number of hydrogen-bond acceptors (Lipinski definition) is 8. The third-order valence-electron chi connectivity index (χ3n) is 6.28. The number of phenolic OH excluding ortho intramolecular Hbond substituents is 1. The number of rotatable bonds is 15. The van der Waals surface area contributed by atoms with Crippen molar-refractivity contribution in [3.05, 3.63) is 83.9 Å². The quantitative estimate of drug-likeness (QED) is 0.109. The number of aromatic amines is 1. The van der Waals surface area contributed by atoms with E-state index in [4.69, 9.17) is 11.5 Å². The molecule has 0 saturated heterocycles. The maximum Gasteiger partial charge on any atom is 0.326 e. The number of primary amides is 1. The van der Waals surface area contributed by atoms with Crippen LogP contribution in [0.15, 0.2) is 67.1 Å². The number of carbonyl (C=O) groups excluding carboxylic acids is 4. The van der Waals surface area contributed by atoms with E-state index in [-0.39, 0.29) is 25.0 Å². The zero-order valence-electron chi connectivity index (χ0n) is 22.5. The molecule has 1 aromatic heterocycles. The molecule has 42 heavy (non-hydrogen) atoms. The number of carbonyl (C=O) groups is 5. The van der Waals surface area contributed by atoms with Gasteiger partial charge in [0.25, 0.3) is 0 Å². The van der Waals surface area contributed by atoms with Crippen LogP contribution in [0.1, 0.15) is 23.2 Å². The number of amides is 4. The summed E-state index contributed by atoms with van der Waals surface area (Å²) in [6, 6.07) is 9.51.